The van der Waals surface area contributed by atoms with E-state index in [1.165, 1.54) is 28.6 Å². The monoisotopic (exact) mass is 456 g/mol. The molecule has 31 heavy (non-hydrogen) atoms. The Kier molecular flexibility index (Phi) is 5.41. The van der Waals surface area contributed by atoms with Crippen LogP contribution in [-0.2, 0) is 18.6 Å². The second-order valence-corrected chi connectivity index (χ2v) is 9.15. The number of benzene rings is 1. The van der Waals surface area contributed by atoms with E-state index in [-0.39, 0.29) is 5.56 Å². The predicted octanol–water partition coefficient (Wildman–Crippen LogP) is 4.22. The highest BCUT2D eigenvalue weighted by Gasteiger charge is 2.20. The lowest BCUT2D eigenvalue weighted by atomic mass is 9.97. The van der Waals surface area contributed by atoms with Crippen molar-refractivity contribution in [1.82, 2.24) is 20.2 Å². The van der Waals surface area contributed by atoms with Crippen molar-refractivity contribution < 1.29 is 13.9 Å². The van der Waals surface area contributed by atoms with E-state index in [4.69, 9.17) is 13.9 Å². The minimum absolute atomic E-state index is 0.0588. The van der Waals surface area contributed by atoms with Crippen molar-refractivity contribution in [3.05, 3.63) is 44.8 Å². The predicted molar refractivity (Wildman–Crippen MR) is 119 cm³/mol. The SMILES string of the molecule is COc1ccc(-c2nnc(SCc3nc4sc5c(c4c(=O)[nH]3)CCCC5)o2)cc1OC. The number of fused-ring (bicyclic) bond motifs is 3. The van der Waals surface area contributed by atoms with Gasteiger partial charge in [-0.25, -0.2) is 4.98 Å². The minimum atomic E-state index is -0.0588. The van der Waals surface area contributed by atoms with Gasteiger partial charge in [-0.3, -0.25) is 4.79 Å². The number of thioether (sulfide) groups is 1. The Morgan fingerprint density at radius 2 is 2.00 bits per heavy atom. The summed E-state index contributed by atoms with van der Waals surface area (Å²) in [5, 5.41) is 9.38. The van der Waals surface area contributed by atoms with Crippen molar-refractivity contribution in [2.45, 2.75) is 36.7 Å². The van der Waals surface area contributed by atoms with E-state index in [0.29, 0.717) is 34.2 Å². The number of thiophene rings is 1. The molecule has 0 amide bonds. The number of ether oxygens (including phenoxy) is 2. The number of nitrogens with one attached hydrogen (secondary N) is 1. The van der Waals surface area contributed by atoms with E-state index in [0.717, 1.165) is 35.0 Å². The molecule has 0 spiro atoms. The summed E-state index contributed by atoms with van der Waals surface area (Å²) in [6, 6.07) is 5.40. The van der Waals surface area contributed by atoms with Gasteiger partial charge in [-0.1, -0.05) is 11.8 Å². The molecule has 1 aromatic carbocycles. The molecule has 0 radical (unpaired) electrons. The lowest BCUT2D eigenvalue weighted by molar-refractivity contribution is 0.355. The van der Waals surface area contributed by atoms with Crippen LogP contribution in [0.4, 0.5) is 0 Å². The average molecular weight is 457 g/mol. The number of rotatable bonds is 6. The summed E-state index contributed by atoms with van der Waals surface area (Å²) in [6.07, 6.45) is 4.32. The molecule has 8 nitrogen and oxygen atoms in total. The number of aromatic nitrogens is 4. The largest absolute Gasteiger partial charge is 0.493 e. The zero-order chi connectivity index (χ0) is 21.4. The van der Waals surface area contributed by atoms with E-state index < -0.39 is 0 Å². The third-order valence-electron chi connectivity index (χ3n) is 5.24. The van der Waals surface area contributed by atoms with Gasteiger partial charge < -0.3 is 18.9 Å². The first kappa shape index (κ1) is 20.1. The van der Waals surface area contributed by atoms with Crippen molar-refractivity contribution >= 4 is 33.3 Å². The molecule has 160 valence electrons. The van der Waals surface area contributed by atoms with Gasteiger partial charge in [-0.15, -0.1) is 21.5 Å². The normalized spacial score (nSPS) is 13.4. The Morgan fingerprint density at radius 1 is 1.16 bits per heavy atom. The van der Waals surface area contributed by atoms with Gasteiger partial charge in [-0.05, 0) is 49.4 Å². The van der Waals surface area contributed by atoms with Crippen molar-refractivity contribution in [2.24, 2.45) is 0 Å². The maximum absolute atomic E-state index is 12.7. The third-order valence-corrected chi connectivity index (χ3v) is 7.26. The molecule has 4 aromatic rings. The molecule has 5 rings (SSSR count). The highest BCUT2D eigenvalue weighted by atomic mass is 32.2. The number of nitrogens with zero attached hydrogens (tertiary/aromatic N) is 3. The van der Waals surface area contributed by atoms with E-state index >= 15 is 0 Å². The van der Waals surface area contributed by atoms with Gasteiger partial charge in [0.1, 0.15) is 10.7 Å². The fourth-order valence-corrected chi connectivity index (χ4v) is 5.68. The summed E-state index contributed by atoms with van der Waals surface area (Å²) >= 11 is 2.98. The molecule has 3 heterocycles. The van der Waals surface area contributed by atoms with Gasteiger partial charge in [-0.2, -0.15) is 0 Å². The second kappa shape index (κ2) is 8.35. The molecule has 0 saturated carbocycles. The lowest BCUT2D eigenvalue weighted by Crippen LogP contribution is -2.12. The highest BCUT2D eigenvalue weighted by molar-refractivity contribution is 7.98. The number of aromatic amines is 1. The van der Waals surface area contributed by atoms with Gasteiger partial charge in [0.2, 0.25) is 5.89 Å². The molecule has 0 aliphatic heterocycles. The first-order valence-corrected chi connectivity index (χ1v) is 11.7. The van der Waals surface area contributed by atoms with Crippen molar-refractivity contribution in [3.8, 4) is 23.0 Å². The first-order chi connectivity index (χ1) is 15.2. The van der Waals surface area contributed by atoms with E-state index in [1.807, 2.05) is 6.07 Å². The number of aryl methyl sites for hydroxylation is 2. The molecule has 3 aromatic heterocycles. The molecular formula is C21H20N4O4S2. The van der Waals surface area contributed by atoms with Crippen LogP contribution in [0.1, 0.15) is 29.1 Å². The quantitative estimate of drug-likeness (QED) is 0.430. The molecule has 0 bridgehead atoms. The molecule has 10 heteroatoms. The van der Waals surface area contributed by atoms with E-state index in [9.17, 15) is 4.79 Å². The maximum Gasteiger partial charge on any atom is 0.277 e. The van der Waals surface area contributed by atoms with Crippen molar-refractivity contribution in [3.63, 3.8) is 0 Å². The standard InChI is InChI=1S/C21H20N4O4S2/c1-27-13-8-7-11(9-14(13)28-2)19-24-25-21(29-19)30-10-16-22-18(26)17-12-5-3-4-6-15(12)31-20(17)23-16/h7-9H,3-6,10H2,1-2H3,(H,22,23,26). The van der Waals surface area contributed by atoms with Crippen LogP contribution in [-0.4, -0.2) is 34.4 Å². The molecule has 0 fully saturated rings. The summed E-state index contributed by atoms with van der Waals surface area (Å²) in [6.45, 7) is 0. The number of hydrogen-bond donors (Lipinski definition) is 1. The summed E-state index contributed by atoms with van der Waals surface area (Å²) in [4.78, 5) is 22.4. The molecular weight excluding hydrogens is 436 g/mol. The number of methoxy groups -OCH3 is 2. The number of hydrogen-bond acceptors (Lipinski definition) is 9. The molecule has 0 unspecified atom stereocenters. The summed E-state index contributed by atoms with van der Waals surface area (Å²) in [7, 11) is 3.16. The van der Waals surface area contributed by atoms with Crippen LogP contribution in [0.15, 0.2) is 32.6 Å². The van der Waals surface area contributed by atoms with Crippen LogP contribution in [0.2, 0.25) is 0 Å². The molecule has 0 saturated heterocycles. The third kappa shape index (κ3) is 3.81. The summed E-state index contributed by atoms with van der Waals surface area (Å²) in [5.74, 6) is 2.63. The Balaban J connectivity index is 1.35. The molecule has 0 atom stereocenters. The Labute approximate surface area is 186 Å². The summed E-state index contributed by atoms with van der Waals surface area (Å²) in [5.41, 5.74) is 1.86. The van der Waals surface area contributed by atoms with Crippen LogP contribution in [0.25, 0.3) is 21.7 Å². The van der Waals surface area contributed by atoms with Crippen LogP contribution in [0.5, 0.6) is 11.5 Å². The Bertz CT molecular complexity index is 1310. The van der Waals surface area contributed by atoms with Crippen molar-refractivity contribution in [2.75, 3.05) is 14.2 Å². The molecule has 1 aliphatic carbocycles. The van der Waals surface area contributed by atoms with Gasteiger partial charge in [0, 0.05) is 10.4 Å². The maximum atomic E-state index is 12.7. The average Bonchev–Trinajstić information content (AvgIpc) is 3.42. The topological polar surface area (TPSA) is 103 Å². The highest BCUT2D eigenvalue weighted by Crippen LogP contribution is 2.35. The van der Waals surface area contributed by atoms with Crippen molar-refractivity contribution in [1.29, 1.82) is 0 Å². The minimum Gasteiger partial charge on any atom is -0.493 e. The fraction of sp³-hybridized carbons (Fsp3) is 0.333. The van der Waals surface area contributed by atoms with Crippen LogP contribution >= 0.6 is 23.1 Å². The fourth-order valence-electron chi connectivity index (χ4n) is 3.76. The zero-order valence-electron chi connectivity index (χ0n) is 17.1. The number of H-pyrrole nitrogens is 1. The smallest absolute Gasteiger partial charge is 0.277 e. The Morgan fingerprint density at radius 3 is 2.84 bits per heavy atom. The molecule has 1 aliphatic rings. The summed E-state index contributed by atoms with van der Waals surface area (Å²) < 4.78 is 16.4. The zero-order valence-corrected chi connectivity index (χ0v) is 18.7. The Hall–Kier alpha value is -2.85. The van der Waals surface area contributed by atoms with Crippen LogP contribution in [0, 0.1) is 0 Å². The van der Waals surface area contributed by atoms with Gasteiger partial charge in [0.05, 0.1) is 25.4 Å². The van der Waals surface area contributed by atoms with E-state index in [2.05, 4.69) is 20.2 Å². The van der Waals surface area contributed by atoms with Gasteiger partial charge in [0.15, 0.2) is 11.5 Å². The van der Waals surface area contributed by atoms with E-state index in [1.54, 1.807) is 37.7 Å². The van der Waals surface area contributed by atoms with Gasteiger partial charge >= 0.3 is 0 Å². The second-order valence-electron chi connectivity index (χ2n) is 7.14. The van der Waals surface area contributed by atoms with Crippen LogP contribution < -0.4 is 15.0 Å². The lowest BCUT2D eigenvalue weighted by Gasteiger charge is -2.09. The van der Waals surface area contributed by atoms with Gasteiger partial charge in [0.25, 0.3) is 10.8 Å². The molecule has 1 N–H and O–H groups in total. The first-order valence-electron chi connectivity index (χ1n) is 9.88. The van der Waals surface area contributed by atoms with Crippen LogP contribution in [0.3, 0.4) is 0 Å².